The minimum Gasteiger partial charge on any atom is -0.253 e. The summed E-state index contributed by atoms with van der Waals surface area (Å²) in [5, 5.41) is 0. The van der Waals surface area contributed by atoms with Crippen LogP contribution in [-0.4, -0.2) is 6.54 Å². The Morgan fingerprint density at radius 3 is 2.33 bits per heavy atom. The molecule has 0 aromatic heterocycles. The van der Waals surface area contributed by atoms with Crippen LogP contribution in [-0.2, 0) is 6.42 Å². The highest BCUT2D eigenvalue weighted by atomic mass is 79.9. The number of nitrogens with zero attached hydrogens (tertiary/aromatic N) is 1. The molecule has 0 unspecified atom stereocenters. The monoisotopic (exact) mass is 364 g/mol. The number of benzene rings is 2. The molecule has 0 heterocycles. The van der Waals surface area contributed by atoms with Crippen molar-refractivity contribution in [3.05, 3.63) is 63.1 Å². The van der Waals surface area contributed by atoms with E-state index in [-0.39, 0.29) is 0 Å². The van der Waals surface area contributed by atoms with Crippen molar-refractivity contribution < 1.29 is 0 Å². The van der Waals surface area contributed by atoms with Gasteiger partial charge in [-0.1, -0.05) is 51.8 Å². The lowest BCUT2D eigenvalue weighted by Crippen LogP contribution is -2.32. The molecule has 2 aromatic rings. The minimum absolute atomic E-state index is 0.832. The molecule has 112 valence electrons. The molecule has 0 amide bonds. The molecule has 2 nitrogen and oxygen atoms in total. The Labute approximate surface area is 141 Å². The van der Waals surface area contributed by atoms with E-state index in [9.17, 15) is 0 Å². The Bertz CT molecular complexity index is 605. The van der Waals surface area contributed by atoms with Crippen molar-refractivity contribution in [3.63, 3.8) is 0 Å². The van der Waals surface area contributed by atoms with E-state index >= 15 is 0 Å². The molecule has 0 saturated carbocycles. The number of nitrogens with one attached hydrogen (secondary N) is 1. The number of rotatable bonds is 5. The van der Waals surface area contributed by atoms with Gasteiger partial charge in [-0.3, -0.25) is 4.41 Å². The van der Waals surface area contributed by atoms with Crippen LogP contribution in [0.25, 0.3) is 0 Å². The van der Waals surface area contributed by atoms with Crippen molar-refractivity contribution in [2.45, 2.75) is 27.2 Å². The van der Waals surface area contributed by atoms with Gasteiger partial charge in [-0.05, 0) is 62.8 Å². The van der Waals surface area contributed by atoms with E-state index in [1.165, 1.54) is 22.3 Å². The van der Waals surface area contributed by atoms with Gasteiger partial charge in [-0.25, -0.2) is 5.43 Å². The van der Waals surface area contributed by atoms with Crippen LogP contribution in [0.2, 0.25) is 0 Å². The zero-order valence-corrected chi connectivity index (χ0v) is 15.1. The average Bonchev–Trinajstić information content (AvgIpc) is 2.39. The van der Waals surface area contributed by atoms with Crippen LogP contribution >= 0.6 is 28.7 Å². The Balaban J connectivity index is 2.00. The Morgan fingerprint density at radius 2 is 1.71 bits per heavy atom. The smallest absolute Gasteiger partial charge is 0.0703 e. The third-order valence-corrected chi connectivity index (χ3v) is 4.58. The summed E-state index contributed by atoms with van der Waals surface area (Å²) in [4.78, 5) is 0. The van der Waals surface area contributed by atoms with Gasteiger partial charge >= 0.3 is 0 Å². The molecular formula is C17H21BrN2S. The molecule has 0 atom stereocenters. The second kappa shape index (κ2) is 7.34. The molecule has 0 aliphatic carbocycles. The fourth-order valence-corrected chi connectivity index (χ4v) is 3.48. The summed E-state index contributed by atoms with van der Waals surface area (Å²) in [6, 6.07) is 12.7. The SMILES string of the molecule is Cc1cc(C)c(N(S)NCCc2ccccc2Br)c(C)c1. The van der Waals surface area contributed by atoms with Gasteiger partial charge in [0.05, 0.1) is 5.69 Å². The predicted octanol–water partition coefficient (Wildman–Crippen LogP) is 4.77. The number of aryl methyl sites for hydroxylation is 3. The standard InChI is InChI=1S/C17H21BrN2S/c1-12-10-13(2)17(14(3)11-12)20(21)19-9-8-15-6-4-5-7-16(15)18/h4-7,10-11,19,21H,8-9H2,1-3H3. The van der Waals surface area contributed by atoms with Crippen molar-refractivity contribution in [2.75, 3.05) is 11.0 Å². The van der Waals surface area contributed by atoms with Crippen LogP contribution in [0.3, 0.4) is 0 Å². The van der Waals surface area contributed by atoms with Gasteiger partial charge in [0.2, 0.25) is 0 Å². The van der Waals surface area contributed by atoms with Gasteiger partial charge in [-0.15, -0.1) is 0 Å². The zero-order chi connectivity index (χ0) is 15.4. The maximum atomic E-state index is 4.58. The van der Waals surface area contributed by atoms with E-state index < -0.39 is 0 Å². The molecule has 0 radical (unpaired) electrons. The normalized spacial score (nSPS) is 10.7. The highest BCUT2D eigenvalue weighted by Gasteiger charge is 2.09. The fourth-order valence-electron chi connectivity index (χ4n) is 2.58. The number of hydrazine groups is 1. The van der Waals surface area contributed by atoms with Crippen molar-refractivity contribution in [2.24, 2.45) is 0 Å². The Morgan fingerprint density at radius 1 is 1.10 bits per heavy atom. The summed E-state index contributed by atoms with van der Waals surface area (Å²) in [5.74, 6) is 0. The molecule has 2 rings (SSSR count). The van der Waals surface area contributed by atoms with Gasteiger partial charge in [0.15, 0.2) is 0 Å². The summed E-state index contributed by atoms with van der Waals surface area (Å²) in [6.07, 6.45) is 0.947. The number of hydrogen-bond donors (Lipinski definition) is 2. The Kier molecular flexibility index (Phi) is 5.73. The van der Waals surface area contributed by atoms with Crippen molar-refractivity contribution in [1.29, 1.82) is 0 Å². The molecule has 0 aliphatic rings. The minimum atomic E-state index is 0.832. The second-order valence-corrected chi connectivity index (χ2v) is 6.56. The molecular weight excluding hydrogens is 344 g/mol. The molecule has 0 saturated heterocycles. The predicted molar refractivity (Wildman–Crippen MR) is 98.0 cm³/mol. The second-order valence-electron chi connectivity index (χ2n) is 5.31. The van der Waals surface area contributed by atoms with Gasteiger partial charge in [0, 0.05) is 11.0 Å². The first-order valence-corrected chi connectivity index (χ1v) is 8.22. The molecule has 0 fully saturated rings. The van der Waals surface area contributed by atoms with E-state index in [0.717, 1.165) is 23.1 Å². The maximum Gasteiger partial charge on any atom is 0.0703 e. The van der Waals surface area contributed by atoms with Crippen LogP contribution in [0.5, 0.6) is 0 Å². The van der Waals surface area contributed by atoms with E-state index in [1.807, 2.05) is 10.5 Å². The first kappa shape index (κ1) is 16.4. The van der Waals surface area contributed by atoms with Crippen molar-refractivity contribution in [3.8, 4) is 0 Å². The number of anilines is 1. The maximum absolute atomic E-state index is 4.58. The quantitative estimate of drug-likeness (QED) is 0.586. The zero-order valence-electron chi connectivity index (χ0n) is 12.7. The van der Waals surface area contributed by atoms with Crippen LogP contribution in [0.1, 0.15) is 22.3 Å². The molecule has 2 aromatic carbocycles. The molecule has 21 heavy (non-hydrogen) atoms. The van der Waals surface area contributed by atoms with Crippen molar-refractivity contribution in [1.82, 2.24) is 5.43 Å². The summed E-state index contributed by atoms with van der Waals surface area (Å²) in [6.45, 7) is 7.19. The topological polar surface area (TPSA) is 15.3 Å². The lowest BCUT2D eigenvalue weighted by molar-refractivity contribution is 0.732. The fraction of sp³-hybridized carbons (Fsp3) is 0.294. The molecule has 0 aliphatic heterocycles. The molecule has 0 spiro atoms. The number of thiol groups is 1. The molecule has 0 bridgehead atoms. The Hall–Kier alpha value is -0.970. The third kappa shape index (κ3) is 4.25. The average molecular weight is 365 g/mol. The van der Waals surface area contributed by atoms with Crippen LogP contribution in [0, 0.1) is 20.8 Å². The number of halogens is 1. The summed E-state index contributed by atoms with van der Waals surface area (Å²) in [5.41, 5.74) is 9.53. The summed E-state index contributed by atoms with van der Waals surface area (Å²) >= 11 is 8.16. The first-order valence-electron chi connectivity index (χ1n) is 7.03. The number of hydrogen-bond acceptors (Lipinski definition) is 3. The van der Waals surface area contributed by atoms with Gasteiger partial charge in [-0.2, -0.15) is 0 Å². The molecule has 1 N–H and O–H groups in total. The highest BCUT2D eigenvalue weighted by molar-refractivity contribution is 9.10. The van der Waals surface area contributed by atoms with E-state index in [2.05, 4.69) is 85.3 Å². The lowest BCUT2D eigenvalue weighted by atomic mass is 10.1. The van der Waals surface area contributed by atoms with E-state index in [1.54, 1.807) is 0 Å². The van der Waals surface area contributed by atoms with E-state index in [0.29, 0.717) is 0 Å². The van der Waals surface area contributed by atoms with Crippen LogP contribution in [0.15, 0.2) is 40.9 Å². The van der Waals surface area contributed by atoms with E-state index in [4.69, 9.17) is 0 Å². The largest absolute Gasteiger partial charge is 0.253 e. The first-order chi connectivity index (χ1) is 9.99. The van der Waals surface area contributed by atoms with Crippen molar-refractivity contribution >= 4 is 34.4 Å². The summed E-state index contributed by atoms with van der Waals surface area (Å²) < 4.78 is 2.99. The summed E-state index contributed by atoms with van der Waals surface area (Å²) in [7, 11) is 0. The molecule has 4 heteroatoms. The van der Waals surface area contributed by atoms with Crippen LogP contribution < -0.4 is 9.84 Å². The van der Waals surface area contributed by atoms with Gasteiger partial charge in [0.25, 0.3) is 0 Å². The van der Waals surface area contributed by atoms with Gasteiger partial charge in [0.1, 0.15) is 0 Å². The van der Waals surface area contributed by atoms with Gasteiger partial charge < -0.3 is 0 Å². The third-order valence-electron chi connectivity index (χ3n) is 3.46. The van der Waals surface area contributed by atoms with Crippen LogP contribution in [0.4, 0.5) is 5.69 Å². The lowest BCUT2D eigenvalue weighted by Gasteiger charge is -2.23. The highest BCUT2D eigenvalue weighted by Crippen LogP contribution is 2.26.